The molecule has 1 saturated heterocycles. The molecule has 2 N–H and O–H groups in total. The summed E-state index contributed by atoms with van der Waals surface area (Å²) in [6.45, 7) is 11.6. The topological polar surface area (TPSA) is 77.2 Å². The number of hydrogen-bond acceptors (Lipinski definition) is 5. The number of aryl methyl sites for hydroxylation is 4. The van der Waals surface area contributed by atoms with E-state index in [0.717, 1.165) is 40.9 Å². The maximum atomic E-state index is 12.4. The fraction of sp³-hybridized carbons (Fsp3) is 0.562. The lowest BCUT2D eigenvalue weighted by Crippen LogP contribution is -2.51. The van der Waals surface area contributed by atoms with E-state index in [1.807, 2.05) is 25.7 Å². The molecule has 0 spiro atoms. The van der Waals surface area contributed by atoms with E-state index < -0.39 is 0 Å². The molecular formula is C16H24N6OS. The van der Waals surface area contributed by atoms with Gasteiger partial charge in [-0.2, -0.15) is 5.10 Å². The Kier molecular flexibility index (Phi) is 4.75. The molecule has 1 aliphatic rings. The van der Waals surface area contributed by atoms with Crippen LogP contribution in [0.3, 0.4) is 0 Å². The van der Waals surface area contributed by atoms with Crippen LogP contribution in [-0.2, 0) is 6.54 Å². The Balaban J connectivity index is 1.52. The Morgan fingerprint density at radius 2 is 1.88 bits per heavy atom. The number of anilines is 1. The number of hydrogen-bond donors (Lipinski definition) is 2. The number of amides is 2. The molecule has 8 heteroatoms. The van der Waals surface area contributed by atoms with Crippen LogP contribution in [0.4, 0.5) is 9.93 Å². The molecular weight excluding hydrogens is 324 g/mol. The Morgan fingerprint density at radius 1 is 1.17 bits per heavy atom. The minimum absolute atomic E-state index is 0.0128. The highest BCUT2D eigenvalue weighted by Crippen LogP contribution is 2.25. The van der Waals surface area contributed by atoms with Gasteiger partial charge in [-0.25, -0.2) is 9.78 Å². The van der Waals surface area contributed by atoms with Gasteiger partial charge < -0.3 is 15.1 Å². The normalized spacial score (nSPS) is 15.0. The predicted molar refractivity (Wildman–Crippen MR) is 95.7 cm³/mol. The molecule has 3 heterocycles. The Labute approximate surface area is 146 Å². The van der Waals surface area contributed by atoms with Crippen molar-refractivity contribution in [1.82, 2.24) is 25.4 Å². The second-order valence-corrected chi connectivity index (χ2v) is 7.37. The molecule has 2 aromatic heterocycles. The van der Waals surface area contributed by atoms with Gasteiger partial charge in [-0.15, -0.1) is 11.3 Å². The molecule has 2 aromatic rings. The number of aromatic amines is 1. The van der Waals surface area contributed by atoms with E-state index in [1.165, 1.54) is 4.88 Å². The van der Waals surface area contributed by atoms with Crippen LogP contribution in [0.15, 0.2) is 0 Å². The van der Waals surface area contributed by atoms with E-state index in [9.17, 15) is 4.79 Å². The van der Waals surface area contributed by atoms with Crippen LogP contribution in [0.1, 0.15) is 27.5 Å². The van der Waals surface area contributed by atoms with Crippen LogP contribution in [0.5, 0.6) is 0 Å². The monoisotopic (exact) mass is 348 g/mol. The molecule has 7 nitrogen and oxygen atoms in total. The first-order valence-corrected chi connectivity index (χ1v) is 8.99. The summed E-state index contributed by atoms with van der Waals surface area (Å²) in [4.78, 5) is 22.4. The van der Waals surface area contributed by atoms with Crippen LogP contribution < -0.4 is 10.2 Å². The second-order valence-electron chi connectivity index (χ2n) is 6.18. The van der Waals surface area contributed by atoms with Gasteiger partial charge in [0.1, 0.15) is 0 Å². The molecule has 0 aromatic carbocycles. The Bertz CT molecular complexity index is 690. The van der Waals surface area contributed by atoms with Crippen molar-refractivity contribution in [2.24, 2.45) is 0 Å². The maximum absolute atomic E-state index is 12.4. The fourth-order valence-electron chi connectivity index (χ4n) is 2.80. The largest absolute Gasteiger partial charge is 0.345 e. The standard InChI is InChI=1S/C16H24N6OS/c1-10-13(4)24-16(18-10)22-7-5-21(6-8-22)15(23)17-9-14-11(2)19-20-12(14)3/h5-9H2,1-4H3,(H,17,23)(H,19,20). The summed E-state index contributed by atoms with van der Waals surface area (Å²) in [7, 11) is 0. The van der Waals surface area contributed by atoms with E-state index in [-0.39, 0.29) is 6.03 Å². The van der Waals surface area contributed by atoms with Gasteiger partial charge in [0.2, 0.25) is 0 Å². The van der Waals surface area contributed by atoms with Gasteiger partial charge >= 0.3 is 6.03 Å². The molecule has 0 unspecified atom stereocenters. The van der Waals surface area contributed by atoms with E-state index in [4.69, 9.17) is 0 Å². The van der Waals surface area contributed by atoms with E-state index in [0.29, 0.717) is 19.6 Å². The SMILES string of the molecule is Cc1nc(N2CCN(C(=O)NCc3c(C)n[nH]c3C)CC2)sc1C. The first-order chi connectivity index (χ1) is 11.5. The van der Waals surface area contributed by atoms with Crippen LogP contribution in [0.25, 0.3) is 0 Å². The summed E-state index contributed by atoms with van der Waals surface area (Å²) < 4.78 is 0. The zero-order valence-corrected chi connectivity index (χ0v) is 15.5. The van der Waals surface area contributed by atoms with Crippen molar-refractivity contribution in [1.29, 1.82) is 0 Å². The third kappa shape index (κ3) is 3.38. The fourth-order valence-corrected chi connectivity index (χ4v) is 3.76. The highest BCUT2D eigenvalue weighted by molar-refractivity contribution is 7.15. The van der Waals surface area contributed by atoms with Crippen molar-refractivity contribution in [2.75, 3.05) is 31.1 Å². The number of rotatable bonds is 3. The highest BCUT2D eigenvalue weighted by atomic mass is 32.1. The molecule has 24 heavy (non-hydrogen) atoms. The first kappa shape index (κ1) is 16.8. The first-order valence-electron chi connectivity index (χ1n) is 8.18. The zero-order chi connectivity index (χ0) is 17.3. The molecule has 1 aliphatic heterocycles. The Morgan fingerprint density at radius 3 is 2.42 bits per heavy atom. The average molecular weight is 348 g/mol. The zero-order valence-electron chi connectivity index (χ0n) is 14.6. The van der Waals surface area contributed by atoms with E-state index in [2.05, 4.69) is 32.3 Å². The predicted octanol–water partition coefficient (Wildman–Crippen LogP) is 2.13. The molecule has 0 radical (unpaired) electrons. The highest BCUT2D eigenvalue weighted by Gasteiger charge is 2.23. The lowest BCUT2D eigenvalue weighted by Gasteiger charge is -2.34. The van der Waals surface area contributed by atoms with Gasteiger partial charge in [0.15, 0.2) is 5.13 Å². The molecule has 2 amide bonds. The quantitative estimate of drug-likeness (QED) is 0.891. The number of H-pyrrole nitrogens is 1. The van der Waals surface area contributed by atoms with Gasteiger partial charge in [0.25, 0.3) is 0 Å². The number of thiazole rings is 1. The minimum atomic E-state index is -0.0128. The summed E-state index contributed by atoms with van der Waals surface area (Å²) in [5, 5.41) is 11.2. The molecule has 0 bridgehead atoms. The number of carbonyl (C=O) groups excluding carboxylic acids is 1. The lowest BCUT2D eigenvalue weighted by atomic mass is 10.2. The number of urea groups is 1. The molecule has 1 fully saturated rings. The summed E-state index contributed by atoms with van der Waals surface area (Å²) >= 11 is 1.73. The van der Waals surface area contributed by atoms with Crippen molar-refractivity contribution in [3.8, 4) is 0 Å². The van der Waals surface area contributed by atoms with Crippen LogP contribution >= 0.6 is 11.3 Å². The van der Waals surface area contributed by atoms with Crippen LogP contribution in [-0.4, -0.2) is 52.3 Å². The van der Waals surface area contributed by atoms with Crippen molar-refractivity contribution < 1.29 is 4.79 Å². The Hall–Kier alpha value is -2.09. The van der Waals surface area contributed by atoms with E-state index >= 15 is 0 Å². The van der Waals surface area contributed by atoms with Gasteiger partial charge in [-0.05, 0) is 27.7 Å². The smallest absolute Gasteiger partial charge is 0.317 e. The minimum Gasteiger partial charge on any atom is -0.345 e. The maximum Gasteiger partial charge on any atom is 0.317 e. The van der Waals surface area contributed by atoms with Crippen molar-refractivity contribution in [3.63, 3.8) is 0 Å². The third-order valence-electron chi connectivity index (χ3n) is 4.55. The summed E-state index contributed by atoms with van der Waals surface area (Å²) in [5.74, 6) is 0. The number of nitrogens with one attached hydrogen (secondary N) is 2. The summed E-state index contributed by atoms with van der Waals surface area (Å²) in [6.07, 6.45) is 0. The number of piperazine rings is 1. The van der Waals surface area contributed by atoms with Crippen molar-refractivity contribution >= 4 is 22.5 Å². The number of nitrogens with zero attached hydrogens (tertiary/aromatic N) is 4. The second kappa shape index (κ2) is 6.80. The molecule has 0 atom stereocenters. The molecule has 0 saturated carbocycles. The van der Waals surface area contributed by atoms with E-state index in [1.54, 1.807) is 11.3 Å². The van der Waals surface area contributed by atoms with Crippen LogP contribution in [0.2, 0.25) is 0 Å². The number of aromatic nitrogens is 3. The molecule has 130 valence electrons. The van der Waals surface area contributed by atoms with Gasteiger partial charge in [0, 0.05) is 48.9 Å². The third-order valence-corrected chi connectivity index (χ3v) is 5.69. The van der Waals surface area contributed by atoms with Crippen molar-refractivity contribution in [3.05, 3.63) is 27.5 Å². The summed E-state index contributed by atoms with van der Waals surface area (Å²) in [5.41, 5.74) is 4.11. The average Bonchev–Trinajstić information content (AvgIpc) is 3.08. The molecule has 3 rings (SSSR count). The summed E-state index contributed by atoms with van der Waals surface area (Å²) in [6, 6.07) is -0.0128. The van der Waals surface area contributed by atoms with Crippen LogP contribution in [0, 0.1) is 27.7 Å². The van der Waals surface area contributed by atoms with Crippen molar-refractivity contribution in [2.45, 2.75) is 34.2 Å². The molecule has 0 aliphatic carbocycles. The number of carbonyl (C=O) groups is 1. The lowest BCUT2D eigenvalue weighted by molar-refractivity contribution is 0.194. The van der Waals surface area contributed by atoms with Gasteiger partial charge in [0.05, 0.1) is 11.4 Å². The van der Waals surface area contributed by atoms with Gasteiger partial charge in [-0.1, -0.05) is 0 Å². The van der Waals surface area contributed by atoms with Gasteiger partial charge in [-0.3, -0.25) is 5.10 Å².